The van der Waals surface area contributed by atoms with Crippen LogP contribution in [0.15, 0.2) is 16.9 Å². The van der Waals surface area contributed by atoms with Gasteiger partial charge in [-0.05, 0) is 29.3 Å². The summed E-state index contributed by atoms with van der Waals surface area (Å²) in [6.07, 6.45) is 3.31. The highest BCUT2D eigenvalue weighted by Gasteiger charge is 2.23. The molecule has 2 N–H and O–H groups in total. The van der Waals surface area contributed by atoms with Crippen molar-refractivity contribution in [3.63, 3.8) is 0 Å². The molecule has 0 saturated carbocycles. The van der Waals surface area contributed by atoms with Crippen molar-refractivity contribution < 1.29 is 9.66 Å². The van der Waals surface area contributed by atoms with Crippen LogP contribution >= 0.6 is 15.9 Å². The second kappa shape index (κ2) is 5.42. The predicted molar refractivity (Wildman–Crippen MR) is 67.0 cm³/mol. The number of nitro groups is 1. The summed E-state index contributed by atoms with van der Waals surface area (Å²) in [5.41, 5.74) is 5.22. The lowest BCUT2D eigenvalue weighted by molar-refractivity contribution is -0.386. The van der Waals surface area contributed by atoms with E-state index in [0.29, 0.717) is 10.9 Å². The molecule has 0 bridgehead atoms. The Morgan fingerprint density at radius 2 is 2.29 bits per heavy atom. The number of rotatable bonds is 5. The second-order valence-corrected chi connectivity index (χ2v) is 4.88. The van der Waals surface area contributed by atoms with E-state index >= 15 is 0 Å². The lowest BCUT2D eigenvalue weighted by atomic mass is 10.0. The maximum absolute atomic E-state index is 10.8. The van der Waals surface area contributed by atoms with Gasteiger partial charge in [-0.2, -0.15) is 0 Å². The smallest absolute Gasteiger partial charge is 0.330 e. The van der Waals surface area contributed by atoms with Gasteiger partial charge >= 0.3 is 5.69 Å². The molecule has 1 unspecified atom stereocenters. The van der Waals surface area contributed by atoms with E-state index in [-0.39, 0.29) is 18.0 Å². The number of halogens is 1. The third kappa shape index (κ3) is 3.64. The minimum atomic E-state index is -0.535. The van der Waals surface area contributed by atoms with Gasteiger partial charge in [-0.15, -0.1) is 0 Å². The Bertz CT molecular complexity index is 423. The van der Waals surface area contributed by atoms with Crippen molar-refractivity contribution in [1.82, 2.24) is 4.98 Å². The first-order valence-electron chi connectivity index (χ1n) is 5.07. The molecule has 1 aromatic heterocycles. The summed E-state index contributed by atoms with van der Waals surface area (Å²) in [6, 6.07) is 0. The minimum Gasteiger partial charge on any atom is -0.484 e. The van der Waals surface area contributed by atoms with Gasteiger partial charge in [0.05, 0.1) is 9.40 Å². The van der Waals surface area contributed by atoms with Crippen molar-refractivity contribution in [1.29, 1.82) is 0 Å². The Balaban J connectivity index is 2.94. The van der Waals surface area contributed by atoms with E-state index in [1.165, 1.54) is 6.20 Å². The van der Waals surface area contributed by atoms with E-state index in [4.69, 9.17) is 10.5 Å². The number of hydrogen-bond acceptors (Lipinski definition) is 5. The molecule has 0 fully saturated rings. The topological polar surface area (TPSA) is 91.3 Å². The molecule has 0 radical (unpaired) electrons. The summed E-state index contributed by atoms with van der Waals surface area (Å²) in [6.45, 7) is 3.96. The molecule has 1 rings (SSSR count). The highest BCUT2D eigenvalue weighted by atomic mass is 79.9. The molecule has 0 spiro atoms. The Kier molecular flexibility index (Phi) is 4.41. The molecular weight excluding hydrogens is 290 g/mol. The molecule has 0 aromatic carbocycles. The lowest BCUT2D eigenvalue weighted by Gasteiger charge is -2.22. The third-order valence-corrected chi connectivity index (χ3v) is 2.95. The van der Waals surface area contributed by atoms with Gasteiger partial charge in [-0.3, -0.25) is 15.1 Å². The van der Waals surface area contributed by atoms with Crippen molar-refractivity contribution >= 4 is 21.6 Å². The quantitative estimate of drug-likeness (QED) is 0.665. The molecular formula is C10H14BrN3O3. The zero-order valence-electron chi connectivity index (χ0n) is 9.64. The van der Waals surface area contributed by atoms with Crippen LogP contribution in [0.2, 0.25) is 0 Å². The van der Waals surface area contributed by atoms with Gasteiger partial charge in [0, 0.05) is 11.7 Å². The number of hydrogen-bond donors (Lipinski definition) is 1. The van der Waals surface area contributed by atoms with Crippen LogP contribution in [0.3, 0.4) is 0 Å². The van der Waals surface area contributed by atoms with Crippen LogP contribution in [0.5, 0.6) is 5.75 Å². The summed E-state index contributed by atoms with van der Waals surface area (Å²) in [4.78, 5) is 14.0. The summed E-state index contributed by atoms with van der Waals surface area (Å²) in [7, 11) is 0. The molecule has 0 aliphatic rings. The Morgan fingerprint density at radius 1 is 1.65 bits per heavy atom. The van der Waals surface area contributed by atoms with Crippen molar-refractivity contribution in [3.05, 3.63) is 27.0 Å². The van der Waals surface area contributed by atoms with Gasteiger partial charge < -0.3 is 10.5 Å². The summed E-state index contributed by atoms with van der Waals surface area (Å²) >= 11 is 3.17. The van der Waals surface area contributed by atoms with Gasteiger partial charge in [0.25, 0.3) is 0 Å². The van der Waals surface area contributed by atoms with Crippen LogP contribution in [0, 0.1) is 10.1 Å². The van der Waals surface area contributed by atoms with E-state index in [1.54, 1.807) is 0 Å². The van der Waals surface area contributed by atoms with E-state index in [0.717, 1.165) is 6.20 Å². The van der Waals surface area contributed by atoms with Crippen LogP contribution in [0.1, 0.15) is 20.3 Å². The summed E-state index contributed by atoms with van der Waals surface area (Å²) in [5.74, 6) is 0.162. The molecule has 0 amide bonds. The lowest BCUT2D eigenvalue weighted by Crippen LogP contribution is -2.41. The Hall–Kier alpha value is -1.21. The van der Waals surface area contributed by atoms with Crippen molar-refractivity contribution in [2.24, 2.45) is 5.73 Å². The van der Waals surface area contributed by atoms with E-state index in [1.807, 2.05) is 13.8 Å². The Morgan fingerprint density at radius 3 is 2.82 bits per heavy atom. The van der Waals surface area contributed by atoms with E-state index in [9.17, 15) is 10.1 Å². The van der Waals surface area contributed by atoms with E-state index in [2.05, 4.69) is 20.9 Å². The first-order valence-corrected chi connectivity index (χ1v) is 5.86. The number of ether oxygens (including phenoxy) is 1. The molecule has 17 heavy (non-hydrogen) atoms. The van der Waals surface area contributed by atoms with Gasteiger partial charge in [0.2, 0.25) is 5.75 Å². The van der Waals surface area contributed by atoms with Crippen LogP contribution in [-0.2, 0) is 0 Å². The molecule has 6 nitrogen and oxygen atoms in total. The maximum atomic E-state index is 10.8. The first-order chi connectivity index (χ1) is 7.87. The van der Waals surface area contributed by atoms with Crippen molar-refractivity contribution in [2.75, 3.05) is 6.61 Å². The molecule has 1 atom stereocenters. The highest BCUT2D eigenvalue weighted by Crippen LogP contribution is 2.34. The predicted octanol–water partition coefficient (Wildman–Crippen LogP) is 2.26. The first kappa shape index (κ1) is 13.9. The van der Waals surface area contributed by atoms with Gasteiger partial charge in [-0.1, -0.05) is 6.92 Å². The van der Waals surface area contributed by atoms with Crippen LogP contribution < -0.4 is 10.5 Å². The van der Waals surface area contributed by atoms with Gasteiger partial charge in [0.15, 0.2) is 0 Å². The zero-order valence-corrected chi connectivity index (χ0v) is 11.2. The van der Waals surface area contributed by atoms with Gasteiger partial charge in [0.1, 0.15) is 12.8 Å². The SMILES string of the molecule is CCC(C)(N)COc1c(Br)cncc1[N+](=O)[O-]. The standard InChI is InChI=1S/C10H14BrN3O3/c1-3-10(2,12)6-17-9-7(11)4-13-5-8(9)14(15)16/h4-5H,3,6,12H2,1-2H3. The second-order valence-electron chi connectivity index (χ2n) is 4.02. The molecule has 94 valence electrons. The fourth-order valence-corrected chi connectivity index (χ4v) is 1.46. The van der Waals surface area contributed by atoms with Crippen molar-refractivity contribution in [2.45, 2.75) is 25.8 Å². The number of aromatic nitrogens is 1. The normalized spacial score (nSPS) is 14.1. The Labute approximate surface area is 107 Å². The largest absolute Gasteiger partial charge is 0.484 e. The number of nitrogens with two attached hydrogens (primary N) is 1. The molecule has 0 aliphatic heterocycles. The van der Waals surface area contributed by atoms with Gasteiger partial charge in [-0.25, -0.2) is 0 Å². The summed E-state index contributed by atoms with van der Waals surface area (Å²) < 4.78 is 5.87. The van der Waals surface area contributed by atoms with Crippen LogP contribution in [0.25, 0.3) is 0 Å². The average Bonchev–Trinajstić information content (AvgIpc) is 2.27. The maximum Gasteiger partial charge on any atom is 0.330 e. The fourth-order valence-electron chi connectivity index (χ4n) is 1.02. The summed E-state index contributed by atoms with van der Waals surface area (Å²) in [5, 5.41) is 10.8. The molecule has 0 saturated heterocycles. The highest BCUT2D eigenvalue weighted by molar-refractivity contribution is 9.10. The third-order valence-electron chi connectivity index (χ3n) is 2.38. The molecule has 1 aromatic rings. The van der Waals surface area contributed by atoms with E-state index < -0.39 is 10.5 Å². The average molecular weight is 304 g/mol. The molecule has 7 heteroatoms. The fraction of sp³-hybridized carbons (Fsp3) is 0.500. The number of pyridine rings is 1. The minimum absolute atomic E-state index is 0.162. The molecule has 1 heterocycles. The van der Waals surface area contributed by atoms with Crippen molar-refractivity contribution in [3.8, 4) is 5.75 Å². The molecule has 0 aliphatic carbocycles. The number of nitrogens with zero attached hydrogens (tertiary/aromatic N) is 2. The van der Waals surface area contributed by atoms with Crippen LogP contribution in [0.4, 0.5) is 5.69 Å². The van der Waals surface area contributed by atoms with Crippen LogP contribution in [-0.4, -0.2) is 22.1 Å². The zero-order chi connectivity index (χ0) is 13.1. The monoisotopic (exact) mass is 303 g/mol.